The quantitative estimate of drug-likeness (QED) is 0.698. The van der Waals surface area contributed by atoms with Gasteiger partial charge in [-0.05, 0) is 43.4 Å². The molecule has 2 atom stereocenters. The largest absolute Gasteiger partial charge is 0.375 e. The van der Waals surface area contributed by atoms with E-state index in [1.54, 1.807) is 6.07 Å². The number of rotatable bonds is 9. The van der Waals surface area contributed by atoms with Crippen LogP contribution in [0, 0.1) is 0 Å². The number of benzene rings is 1. The number of carbonyl (C=O) groups excluding carboxylic acids is 1. The molecule has 2 unspecified atom stereocenters. The SMILES string of the molecule is COCC(=O)NCC(CCOC1CCCCO1)c1ccc(Cl)c(Cl)c1. The van der Waals surface area contributed by atoms with Gasteiger partial charge in [-0.3, -0.25) is 4.79 Å². The van der Waals surface area contributed by atoms with Crippen molar-refractivity contribution in [2.24, 2.45) is 0 Å². The van der Waals surface area contributed by atoms with Gasteiger partial charge in [0.05, 0.1) is 16.7 Å². The Hall–Kier alpha value is -0.850. The lowest BCUT2D eigenvalue weighted by atomic mass is 9.96. The van der Waals surface area contributed by atoms with E-state index in [0.29, 0.717) is 23.2 Å². The highest BCUT2D eigenvalue weighted by atomic mass is 35.5. The van der Waals surface area contributed by atoms with Gasteiger partial charge in [-0.1, -0.05) is 29.3 Å². The van der Waals surface area contributed by atoms with Gasteiger partial charge in [0, 0.05) is 26.2 Å². The lowest BCUT2D eigenvalue weighted by Crippen LogP contribution is -2.32. The molecule has 140 valence electrons. The number of ether oxygens (including phenoxy) is 3. The van der Waals surface area contributed by atoms with E-state index in [-0.39, 0.29) is 24.7 Å². The van der Waals surface area contributed by atoms with Crippen molar-refractivity contribution in [2.75, 3.05) is 33.5 Å². The predicted molar refractivity (Wildman–Crippen MR) is 98.2 cm³/mol. The molecule has 0 aliphatic carbocycles. The van der Waals surface area contributed by atoms with Crippen LogP contribution in [0.5, 0.6) is 0 Å². The Bertz CT molecular complexity index is 550. The van der Waals surface area contributed by atoms with Crippen LogP contribution in [0.25, 0.3) is 0 Å². The van der Waals surface area contributed by atoms with Crippen LogP contribution in [0.2, 0.25) is 10.0 Å². The summed E-state index contributed by atoms with van der Waals surface area (Å²) in [6, 6.07) is 5.54. The van der Waals surface area contributed by atoms with Crippen LogP contribution in [-0.2, 0) is 19.0 Å². The number of hydrogen-bond donors (Lipinski definition) is 1. The van der Waals surface area contributed by atoms with Gasteiger partial charge in [-0.15, -0.1) is 0 Å². The van der Waals surface area contributed by atoms with Crippen molar-refractivity contribution in [1.82, 2.24) is 5.32 Å². The maximum atomic E-state index is 11.7. The zero-order valence-corrected chi connectivity index (χ0v) is 15.9. The molecule has 1 N–H and O–H groups in total. The first-order valence-corrected chi connectivity index (χ1v) is 9.29. The molecular formula is C18H25Cl2NO4. The molecule has 1 aliphatic rings. The zero-order chi connectivity index (χ0) is 18.1. The van der Waals surface area contributed by atoms with Crippen LogP contribution in [0.4, 0.5) is 0 Å². The second-order valence-electron chi connectivity index (χ2n) is 6.06. The standard InChI is InChI=1S/C18H25Cl2NO4/c1-23-12-17(22)21-11-14(13-5-6-15(19)16(20)10-13)7-9-25-18-4-2-3-8-24-18/h5-6,10,14,18H,2-4,7-9,11-12H2,1H3,(H,21,22). The molecule has 0 aromatic heterocycles. The van der Waals surface area contributed by atoms with Crippen molar-refractivity contribution in [2.45, 2.75) is 37.9 Å². The number of halogens is 2. The Labute approximate surface area is 158 Å². The molecule has 1 heterocycles. The first kappa shape index (κ1) is 20.5. The topological polar surface area (TPSA) is 56.8 Å². The normalized spacial score (nSPS) is 18.8. The summed E-state index contributed by atoms with van der Waals surface area (Å²) in [5.74, 6) is -0.0803. The summed E-state index contributed by atoms with van der Waals surface area (Å²) < 4.78 is 16.3. The lowest BCUT2D eigenvalue weighted by Gasteiger charge is -2.24. The van der Waals surface area contributed by atoms with Crippen LogP contribution < -0.4 is 5.32 Å². The van der Waals surface area contributed by atoms with Gasteiger partial charge in [-0.25, -0.2) is 0 Å². The van der Waals surface area contributed by atoms with E-state index >= 15 is 0 Å². The van der Waals surface area contributed by atoms with E-state index in [0.717, 1.165) is 37.9 Å². The van der Waals surface area contributed by atoms with Crippen molar-refractivity contribution in [3.05, 3.63) is 33.8 Å². The van der Waals surface area contributed by atoms with Crippen molar-refractivity contribution in [3.63, 3.8) is 0 Å². The zero-order valence-electron chi connectivity index (χ0n) is 14.4. The number of nitrogens with one attached hydrogen (secondary N) is 1. The minimum absolute atomic E-state index is 0.0422. The van der Waals surface area contributed by atoms with Gasteiger partial charge in [0.15, 0.2) is 6.29 Å². The van der Waals surface area contributed by atoms with Gasteiger partial charge >= 0.3 is 0 Å². The molecule has 25 heavy (non-hydrogen) atoms. The summed E-state index contributed by atoms with van der Waals surface area (Å²) in [6.07, 6.45) is 3.78. The van der Waals surface area contributed by atoms with Crippen molar-refractivity contribution < 1.29 is 19.0 Å². The molecule has 1 aromatic rings. The maximum Gasteiger partial charge on any atom is 0.246 e. The highest BCUT2D eigenvalue weighted by Crippen LogP contribution is 2.28. The van der Waals surface area contributed by atoms with E-state index in [9.17, 15) is 4.79 Å². The van der Waals surface area contributed by atoms with E-state index in [1.807, 2.05) is 12.1 Å². The molecule has 7 heteroatoms. The average Bonchev–Trinajstić information content (AvgIpc) is 2.61. The van der Waals surface area contributed by atoms with Gasteiger partial charge in [0.25, 0.3) is 0 Å². The second-order valence-corrected chi connectivity index (χ2v) is 6.88. The molecule has 0 bridgehead atoms. The van der Waals surface area contributed by atoms with Crippen LogP contribution in [0.15, 0.2) is 18.2 Å². The summed E-state index contributed by atoms with van der Waals surface area (Å²) in [5, 5.41) is 3.89. The Morgan fingerprint density at radius 1 is 1.36 bits per heavy atom. The predicted octanol–water partition coefficient (Wildman–Crippen LogP) is 3.77. The van der Waals surface area contributed by atoms with Crippen molar-refractivity contribution in [3.8, 4) is 0 Å². The number of amides is 1. The van der Waals surface area contributed by atoms with Crippen LogP contribution in [-0.4, -0.2) is 45.7 Å². The van der Waals surface area contributed by atoms with Crippen molar-refractivity contribution in [1.29, 1.82) is 0 Å². The highest BCUT2D eigenvalue weighted by Gasteiger charge is 2.18. The third-order valence-electron chi connectivity index (χ3n) is 4.14. The summed E-state index contributed by atoms with van der Waals surface area (Å²) in [7, 11) is 1.49. The lowest BCUT2D eigenvalue weighted by molar-refractivity contribution is -0.163. The Morgan fingerprint density at radius 3 is 2.88 bits per heavy atom. The van der Waals surface area contributed by atoms with Crippen LogP contribution in [0.3, 0.4) is 0 Å². The van der Waals surface area contributed by atoms with Gasteiger partial charge in [-0.2, -0.15) is 0 Å². The van der Waals surface area contributed by atoms with E-state index in [1.165, 1.54) is 7.11 Å². The fourth-order valence-electron chi connectivity index (χ4n) is 2.76. The summed E-state index contributed by atoms with van der Waals surface area (Å²) >= 11 is 12.1. The third-order valence-corrected chi connectivity index (χ3v) is 4.88. The number of hydrogen-bond acceptors (Lipinski definition) is 4. The van der Waals surface area contributed by atoms with Crippen LogP contribution in [0.1, 0.15) is 37.2 Å². The molecule has 0 saturated carbocycles. The monoisotopic (exact) mass is 389 g/mol. The van der Waals surface area contributed by atoms with E-state index in [4.69, 9.17) is 37.4 Å². The minimum atomic E-state index is -0.149. The highest BCUT2D eigenvalue weighted by molar-refractivity contribution is 6.42. The Kier molecular flexibility index (Phi) is 8.99. The number of methoxy groups -OCH3 is 1. The molecule has 2 rings (SSSR count). The molecule has 1 amide bonds. The molecule has 5 nitrogen and oxygen atoms in total. The first-order valence-electron chi connectivity index (χ1n) is 8.54. The summed E-state index contributed by atoms with van der Waals surface area (Å²) in [4.78, 5) is 11.7. The first-order chi connectivity index (χ1) is 12.1. The smallest absolute Gasteiger partial charge is 0.246 e. The molecule has 1 aromatic carbocycles. The summed E-state index contributed by atoms with van der Waals surface area (Å²) in [6.45, 7) is 1.83. The van der Waals surface area contributed by atoms with E-state index in [2.05, 4.69) is 5.32 Å². The average molecular weight is 390 g/mol. The third kappa shape index (κ3) is 7.12. The van der Waals surface area contributed by atoms with Crippen molar-refractivity contribution >= 4 is 29.1 Å². The fraction of sp³-hybridized carbons (Fsp3) is 0.611. The molecule has 1 fully saturated rings. The maximum absolute atomic E-state index is 11.7. The number of carbonyl (C=O) groups is 1. The second kappa shape index (κ2) is 11.0. The van der Waals surface area contributed by atoms with Crippen LogP contribution >= 0.6 is 23.2 Å². The Morgan fingerprint density at radius 2 is 2.20 bits per heavy atom. The molecule has 0 spiro atoms. The fourth-order valence-corrected chi connectivity index (χ4v) is 3.06. The Balaban J connectivity index is 1.92. The minimum Gasteiger partial charge on any atom is -0.375 e. The molecule has 0 radical (unpaired) electrons. The van der Waals surface area contributed by atoms with Gasteiger partial charge in [0.1, 0.15) is 6.61 Å². The van der Waals surface area contributed by atoms with Gasteiger partial charge < -0.3 is 19.5 Å². The van der Waals surface area contributed by atoms with E-state index < -0.39 is 0 Å². The van der Waals surface area contributed by atoms with Gasteiger partial charge in [0.2, 0.25) is 5.91 Å². The molecule has 1 aliphatic heterocycles. The molecule has 1 saturated heterocycles. The molecular weight excluding hydrogens is 365 g/mol. The summed E-state index contributed by atoms with van der Waals surface area (Å²) in [5.41, 5.74) is 1.01.